The van der Waals surface area contributed by atoms with Crippen LogP contribution in [0.3, 0.4) is 0 Å². The zero-order valence-corrected chi connectivity index (χ0v) is 8.97. The van der Waals surface area contributed by atoms with Gasteiger partial charge in [0.1, 0.15) is 0 Å². The van der Waals surface area contributed by atoms with Crippen molar-refractivity contribution in [3.8, 4) is 0 Å². The van der Waals surface area contributed by atoms with Crippen molar-refractivity contribution in [1.29, 1.82) is 0 Å². The van der Waals surface area contributed by atoms with E-state index in [1.807, 2.05) is 18.3 Å². The Labute approximate surface area is 88.9 Å². The number of rotatable bonds is 2. The maximum absolute atomic E-state index is 11.1. The largest absolute Gasteiger partial charge is 0.329 e. The van der Waals surface area contributed by atoms with Crippen molar-refractivity contribution in [1.82, 2.24) is 9.47 Å². The summed E-state index contributed by atoms with van der Waals surface area (Å²) in [5.74, 6) is 0.0766. The molecule has 0 aliphatic carbocycles. The number of benzene rings is 1. The van der Waals surface area contributed by atoms with Gasteiger partial charge in [0.15, 0.2) is 0 Å². The van der Waals surface area contributed by atoms with Crippen molar-refractivity contribution in [3.05, 3.63) is 36.5 Å². The van der Waals surface area contributed by atoms with Gasteiger partial charge in [-0.1, -0.05) is 18.2 Å². The zero-order valence-electron chi connectivity index (χ0n) is 8.97. The van der Waals surface area contributed by atoms with Gasteiger partial charge in [-0.3, -0.25) is 4.79 Å². The van der Waals surface area contributed by atoms with Gasteiger partial charge in [-0.2, -0.15) is 0 Å². The van der Waals surface area contributed by atoms with E-state index in [4.69, 9.17) is 0 Å². The molecule has 0 saturated heterocycles. The fraction of sp³-hybridized carbons (Fsp3) is 0.250. The molecule has 0 fully saturated rings. The summed E-state index contributed by atoms with van der Waals surface area (Å²) in [7, 11) is 1.80. The summed E-state index contributed by atoms with van der Waals surface area (Å²) in [6, 6.07) is 10.2. The molecule has 78 valence electrons. The molecule has 0 saturated carbocycles. The molecule has 0 aliphatic heterocycles. The number of carbonyl (C=O) groups excluding carboxylic acids is 1. The molecule has 0 spiro atoms. The highest BCUT2D eigenvalue weighted by Crippen LogP contribution is 2.15. The molecule has 3 heteroatoms. The lowest BCUT2D eigenvalue weighted by Gasteiger charge is -2.16. The summed E-state index contributed by atoms with van der Waals surface area (Å²) < 4.78 is 2.07. The average Bonchev–Trinajstić information content (AvgIpc) is 2.62. The third-order valence-electron chi connectivity index (χ3n) is 2.58. The van der Waals surface area contributed by atoms with Crippen LogP contribution in [0.4, 0.5) is 0 Å². The van der Waals surface area contributed by atoms with E-state index < -0.39 is 0 Å². The summed E-state index contributed by atoms with van der Waals surface area (Å²) >= 11 is 0. The van der Waals surface area contributed by atoms with Crippen LogP contribution in [0.2, 0.25) is 0 Å². The van der Waals surface area contributed by atoms with E-state index in [1.165, 1.54) is 5.39 Å². The minimum atomic E-state index is 0.0766. The van der Waals surface area contributed by atoms with Gasteiger partial charge in [0, 0.05) is 25.7 Å². The van der Waals surface area contributed by atoms with E-state index in [0.29, 0.717) is 6.67 Å². The standard InChI is InChI=1S/C12H14N2O/c1-10(15)13(2)9-14-8-7-11-5-3-4-6-12(11)14/h3-8H,9H2,1-2H3. The predicted molar refractivity (Wildman–Crippen MR) is 60.4 cm³/mol. The number of hydrogen-bond donors (Lipinski definition) is 0. The van der Waals surface area contributed by atoms with Crippen molar-refractivity contribution in [2.45, 2.75) is 13.6 Å². The Balaban J connectivity index is 2.32. The number of fused-ring (bicyclic) bond motifs is 1. The van der Waals surface area contributed by atoms with Crippen LogP contribution in [0.1, 0.15) is 6.92 Å². The second-order valence-corrected chi connectivity index (χ2v) is 3.70. The Morgan fingerprint density at radius 2 is 2.07 bits per heavy atom. The fourth-order valence-electron chi connectivity index (χ4n) is 1.59. The number of carbonyl (C=O) groups is 1. The highest BCUT2D eigenvalue weighted by Gasteiger charge is 2.04. The normalized spacial score (nSPS) is 10.5. The average molecular weight is 202 g/mol. The fourth-order valence-corrected chi connectivity index (χ4v) is 1.59. The first-order chi connectivity index (χ1) is 7.18. The summed E-state index contributed by atoms with van der Waals surface area (Å²) in [5.41, 5.74) is 1.16. The molecular weight excluding hydrogens is 188 g/mol. The smallest absolute Gasteiger partial charge is 0.220 e. The molecule has 1 heterocycles. The Morgan fingerprint density at radius 3 is 2.80 bits per heavy atom. The van der Waals surface area contributed by atoms with Gasteiger partial charge in [0.25, 0.3) is 0 Å². The molecule has 0 atom stereocenters. The molecule has 1 aromatic heterocycles. The molecule has 15 heavy (non-hydrogen) atoms. The lowest BCUT2D eigenvalue weighted by molar-refractivity contribution is -0.128. The second-order valence-electron chi connectivity index (χ2n) is 3.70. The van der Waals surface area contributed by atoms with Crippen LogP contribution < -0.4 is 0 Å². The predicted octanol–water partition coefficient (Wildman–Crippen LogP) is 2.08. The molecule has 0 bridgehead atoms. The van der Waals surface area contributed by atoms with Crippen molar-refractivity contribution < 1.29 is 4.79 Å². The van der Waals surface area contributed by atoms with Gasteiger partial charge in [-0.05, 0) is 17.5 Å². The lowest BCUT2D eigenvalue weighted by Crippen LogP contribution is -2.26. The lowest BCUT2D eigenvalue weighted by atomic mass is 10.2. The van der Waals surface area contributed by atoms with Crippen LogP contribution in [-0.4, -0.2) is 22.4 Å². The van der Waals surface area contributed by atoms with Crippen LogP contribution in [0.15, 0.2) is 36.5 Å². The van der Waals surface area contributed by atoms with Gasteiger partial charge in [0.05, 0.1) is 6.67 Å². The van der Waals surface area contributed by atoms with E-state index >= 15 is 0 Å². The topological polar surface area (TPSA) is 25.2 Å². The Kier molecular flexibility index (Phi) is 2.46. The first-order valence-electron chi connectivity index (χ1n) is 4.94. The molecule has 1 aromatic carbocycles. The van der Waals surface area contributed by atoms with Gasteiger partial charge < -0.3 is 9.47 Å². The highest BCUT2D eigenvalue weighted by molar-refractivity contribution is 5.80. The molecule has 2 rings (SSSR count). The monoisotopic (exact) mass is 202 g/mol. The van der Waals surface area contributed by atoms with E-state index in [0.717, 1.165) is 5.52 Å². The molecule has 0 N–H and O–H groups in total. The van der Waals surface area contributed by atoms with Crippen molar-refractivity contribution >= 4 is 16.8 Å². The maximum atomic E-state index is 11.1. The molecular formula is C12H14N2O. The number of aromatic nitrogens is 1. The molecule has 0 aliphatic rings. The SMILES string of the molecule is CC(=O)N(C)Cn1ccc2ccccc21. The van der Waals surface area contributed by atoms with Crippen LogP contribution in [0.5, 0.6) is 0 Å². The van der Waals surface area contributed by atoms with Gasteiger partial charge >= 0.3 is 0 Å². The molecule has 0 radical (unpaired) electrons. The van der Waals surface area contributed by atoms with Crippen LogP contribution in [0.25, 0.3) is 10.9 Å². The van der Waals surface area contributed by atoms with Crippen LogP contribution in [-0.2, 0) is 11.5 Å². The third kappa shape index (κ3) is 1.86. The number of para-hydroxylation sites is 1. The number of nitrogens with zero attached hydrogens (tertiary/aromatic N) is 2. The molecule has 1 amide bonds. The highest BCUT2D eigenvalue weighted by atomic mass is 16.2. The summed E-state index contributed by atoms with van der Waals surface area (Å²) in [6.07, 6.45) is 2.00. The minimum absolute atomic E-state index is 0.0766. The van der Waals surface area contributed by atoms with Crippen molar-refractivity contribution in [3.63, 3.8) is 0 Å². The summed E-state index contributed by atoms with van der Waals surface area (Å²) in [4.78, 5) is 12.8. The maximum Gasteiger partial charge on any atom is 0.220 e. The van der Waals surface area contributed by atoms with E-state index in [-0.39, 0.29) is 5.91 Å². The quantitative estimate of drug-likeness (QED) is 0.732. The first-order valence-corrected chi connectivity index (χ1v) is 4.94. The third-order valence-corrected chi connectivity index (χ3v) is 2.58. The Morgan fingerprint density at radius 1 is 1.33 bits per heavy atom. The molecule has 2 aromatic rings. The summed E-state index contributed by atoms with van der Waals surface area (Å²) in [5, 5.41) is 1.20. The zero-order chi connectivity index (χ0) is 10.8. The Hall–Kier alpha value is -1.77. The first kappa shape index (κ1) is 9.77. The second kappa shape index (κ2) is 3.77. The number of hydrogen-bond acceptors (Lipinski definition) is 1. The molecule has 0 unspecified atom stereocenters. The van der Waals surface area contributed by atoms with Crippen LogP contribution in [0, 0.1) is 0 Å². The van der Waals surface area contributed by atoms with Crippen LogP contribution >= 0.6 is 0 Å². The summed E-state index contributed by atoms with van der Waals surface area (Å²) in [6.45, 7) is 2.18. The van der Waals surface area contributed by atoms with E-state index in [1.54, 1.807) is 18.9 Å². The van der Waals surface area contributed by atoms with Gasteiger partial charge in [-0.15, -0.1) is 0 Å². The van der Waals surface area contributed by atoms with Gasteiger partial charge in [0.2, 0.25) is 5.91 Å². The molecule has 3 nitrogen and oxygen atoms in total. The van der Waals surface area contributed by atoms with E-state index in [2.05, 4.69) is 22.8 Å². The van der Waals surface area contributed by atoms with Crippen molar-refractivity contribution in [2.75, 3.05) is 7.05 Å². The van der Waals surface area contributed by atoms with Gasteiger partial charge in [-0.25, -0.2) is 0 Å². The minimum Gasteiger partial charge on any atom is -0.329 e. The van der Waals surface area contributed by atoms with E-state index in [9.17, 15) is 4.79 Å². The van der Waals surface area contributed by atoms with Crippen molar-refractivity contribution in [2.24, 2.45) is 0 Å². The number of amides is 1. The Bertz CT molecular complexity index is 487.